The average Bonchev–Trinajstić information content (AvgIpc) is 2.70. The number of nitrogens with zero attached hydrogens (tertiary/aromatic N) is 1. The maximum atomic E-state index is 12.2. The van der Waals surface area contributed by atoms with Gasteiger partial charge in [0.1, 0.15) is 11.5 Å². The number of amides is 2. The van der Waals surface area contributed by atoms with Gasteiger partial charge in [-0.2, -0.15) is 0 Å². The number of hydrogen-bond acceptors (Lipinski definition) is 3. The summed E-state index contributed by atoms with van der Waals surface area (Å²) in [5.74, 6) is 1.47. The number of benzene rings is 3. The minimum Gasteiger partial charge on any atom is -0.457 e. The summed E-state index contributed by atoms with van der Waals surface area (Å²) in [6.45, 7) is 0. The molecule has 0 aliphatic rings. The molecule has 1 heterocycles. The van der Waals surface area contributed by atoms with Crippen LogP contribution in [0.4, 0.5) is 16.2 Å². The van der Waals surface area contributed by atoms with Gasteiger partial charge in [-0.15, -0.1) is 0 Å². The highest BCUT2D eigenvalue weighted by Crippen LogP contribution is 2.23. The zero-order valence-corrected chi connectivity index (χ0v) is 14.4. The average molecular weight is 355 g/mol. The molecule has 0 spiro atoms. The number of fused-ring (bicyclic) bond motifs is 1. The summed E-state index contributed by atoms with van der Waals surface area (Å²) in [5.41, 5.74) is 2.27. The number of nitrogens with one attached hydrogen (secondary N) is 2. The number of hydrogen-bond donors (Lipinski definition) is 2. The molecular formula is C22H17N3O2. The van der Waals surface area contributed by atoms with E-state index in [4.69, 9.17) is 4.74 Å². The Morgan fingerprint density at radius 1 is 0.741 bits per heavy atom. The Morgan fingerprint density at radius 3 is 2.26 bits per heavy atom. The molecule has 5 nitrogen and oxygen atoms in total. The molecule has 0 fully saturated rings. The first-order valence-electron chi connectivity index (χ1n) is 8.52. The molecule has 0 aliphatic heterocycles. The lowest BCUT2D eigenvalue weighted by Crippen LogP contribution is -2.19. The molecule has 4 aromatic rings. The summed E-state index contributed by atoms with van der Waals surface area (Å²) in [4.78, 5) is 16.5. The lowest BCUT2D eigenvalue weighted by molar-refractivity contribution is 0.262. The van der Waals surface area contributed by atoms with Crippen LogP contribution in [0, 0.1) is 0 Å². The number of ether oxygens (including phenoxy) is 1. The van der Waals surface area contributed by atoms with Crippen LogP contribution in [0.15, 0.2) is 91.1 Å². The van der Waals surface area contributed by atoms with Crippen molar-refractivity contribution in [3.05, 3.63) is 91.1 Å². The SMILES string of the molecule is O=C(Nc1ccc(Oc2ccccc2)cc1)Nc1ccc2ncccc2c1. The van der Waals surface area contributed by atoms with Gasteiger partial charge in [0, 0.05) is 23.0 Å². The molecule has 3 aromatic carbocycles. The number of para-hydroxylation sites is 1. The van der Waals surface area contributed by atoms with Crippen LogP contribution in [0.5, 0.6) is 11.5 Å². The number of aromatic nitrogens is 1. The van der Waals surface area contributed by atoms with Gasteiger partial charge in [0.2, 0.25) is 0 Å². The standard InChI is InChI=1S/C22H17N3O2/c26-22(25-18-10-13-21-16(15-18)5-4-14-23-21)24-17-8-11-20(12-9-17)27-19-6-2-1-3-7-19/h1-15H,(H2,24,25,26). The number of urea groups is 1. The monoisotopic (exact) mass is 355 g/mol. The van der Waals surface area contributed by atoms with Gasteiger partial charge >= 0.3 is 6.03 Å². The van der Waals surface area contributed by atoms with Crippen molar-refractivity contribution in [3.63, 3.8) is 0 Å². The van der Waals surface area contributed by atoms with E-state index in [0.717, 1.165) is 16.7 Å². The molecule has 27 heavy (non-hydrogen) atoms. The van der Waals surface area contributed by atoms with E-state index < -0.39 is 0 Å². The molecule has 1 aromatic heterocycles. The van der Waals surface area contributed by atoms with Crippen LogP contribution in [0.25, 0.3) is 10.9 Å². The summed E-state index contributed by atoms with van der Waals surface area (Å²) in [7, 11) is 0. The number of rotatable bonds is 4. The molecule has 0 aliphatic carbocycles. The highest BCUT2D eigenvalue weighted by Gasteiger charge is 2.04. The van der Waals surface area contributed by atoms with E-state index in [9.17, 15) is 4.79 Å². The van der Waals surface area contributed by atoms with Gasteiger partial charge in [-0.05, 0) is 60.7 Å². The summed E-state index contributed by atoms with van der Waals surface area (Å²) in [6, 6.07) is 25.8. The third kappa shape index (κ3) is 4.22. The first-order chi connectivity index (χ1) is 13.3. The van der Waals surface area contributed by atoms with E-state index in [1.807, 2.05) is 72.8 Å². The molecule has 2 N–H and O–H groups in total. The van der Waals surface area contributed by atoms with E-state index in [1.54, 1.807) is 18.3 Å². The normalized spacial score (nSPS) is 10.4. The van der Waals surface area contributed by atoms with Crippen molar-refractivity contribution in [2.24, 2.45) is 0 Å². The van der Waals surface area contributed by atoms with Crippen LogP contribution in [0.3, 0.4) is 0 Å². The Hall–Kier alpha value is -3.86. The minimum atomic E-state index is -0.310. The van der Waals surface area contributed by atoms with Crippen molar-refractivity contribution >= 4 is 28.3 Å². The summed E-state index contributed by atoms with van der Waals surface area (Å²) in [5, 5.41) is 6.61. The molecule has 132 valence electrons. The van der Waals surface area contributed by atoms with Crippen LogP contribution in [-0.2, 0) is 0 Å². The van der Waals surface area contributed by atoms with Crippen molar-refractivity contribution < 1.29 is 9.53 Å². The molecule has 0 unspecified atom stereocenters. The lowest BCUT2D eigenvalue weighted by Gasteiger charge is -2.10. The Morgan fingerprint density at radius 2 is 1.44 bits per heavy atom. The van der Waals surface area contributed by atoms with E-state index in [1.165, 1.54) is 0 Å². The van der Waals surface area contributed by atoms with Gasteiger partial charge < -0.3 is 15.4 Å². The van der Waals surface area contributed by atoms with E-state index in [0.29, 0.717) is 17.1 Å². The number of carbonyl (C=O) groups excluding carboxylic acids is 1. The van der Waals surface area contributed by atoms with Gasteiger partial charge in [0.25, 0.3) is 0 Å². The van der Waals surface area contributed by atoms with Gasteiger partial charge in [0.15, 0.2) is 0 Å². The van der Waals surface area contributed by atoms with Crippen molar-refractivity contribution in [3.8, 4) is 11.5 Å². The maximum Gasteiger partial charge on any atom is 0.323 e. The van der Waals surface area contributed by atoms with Gasteiger partial charge in [0.05, 0.1) is 5.52 Å². The maximum absolute atomic E-state index is 12.2. The summed E-state index contributed by atoms with van der Waals surface area (Å²) >= 11 is 0. The molecular weight excluding hydrogens is 338 g/mol. The Kier molecular flexibility index (Phi) is 4.66. The quantitative estimate of drug-likeness (QED) is 0.496. The van der Waals surface area contributed by atoms with Gasteiger partial charge in [-0.3, -0.25) is 4.98 Å². The molecule has 0 radical (unpaired) electrons. The predicted octanol–water partition coefficient (Wildman–Crippen LogP) is 5.67. The summed E-state index contributed by atoms with van der Waals surface area (Å²) < 4.78 is 5.74. The Balaban J connectivity index is 1.38. The Labute approximate surface area is 156 Å². The largest absolute Gasteiger partial charge is 0.457 e. The van der Waals surface area contributed by atoms with Crippen LogP contribution in [-0.4, -0.2) is 11.0 Å². The van der Waals surface area contributed by atoms with Crippen LogP contribution in [0.1, 0.15) is 0 Å². The highest BCUT2D eigenvalue weighted by atomic mass is 16.5. The predicted molar refractivity (Wildman–Crippen MR) is 107 cm³/mol. The van der Waals surface area contributed by atoms with Crippen LogP contribution < -0.4 is 15.4 Å². The van der Waals surface area contributed by atoms with Crippen LogP contribution in [0.2, 0.25) is 0 Å². The second-order valence-corrected chi connectivity index (χ2v) is 5.93. The van der Waals surface area contributed by atoms with Gasteiger partial charge in [-0.1, -0.05) is 24.3 Å². The molecule has 0 saturated carbocycles. The van der Waals surface area contributed by atoms with Crippen molar-refractivity contribution in [2.75, 3.05) is 10.6 Å². The Bertz CT molecular complexity index is 1060. The molecule has 4 rings (SSSR count). The molecule has 0 saturated heterocycles. The first kappa shape index (κ1) is 16.6. The second kappa shape index (κ2) is 7.58. The topological polar surface area (TPSA) is 63.2 Å². The second-order valence-electron chi connectivity index (χ2n) is 5.93. The third-order valence-electron chi connectivity index (χ3n) is 3.95. The van der Waals surface area contributed by atoms with E-state index in [2.05, 4.69) is 15.6 Å². The van der Waals surface area contributed by atoms with E-state index >= 15 is 0 Å². The van der Waals surface area contributed by atoms with Crippen molar-refractivity contribution in [2.45, 2.75) is 0 Å². The molecule has 0 atom stereocenters. The van der Waals surface area contributed by atoms with E-state index in [-0.39, 0.29) is 6.03 Å². The van der Waals surface area contributed by atoms with Gasteiger partial charge in [-0.25, -0.2) is 4.79 Å². The smallest absolute Gasteiger partial charge is 0.323 e. The molecule has 0 bridgehead atoms. The van der Waals surface area contributed by atoms with Crippen molar-refractivity contribution in [1.29, 1.82) is 0 Å². The third-order valence-corrected chi connectivity index (χ3v) is 3.95. The molecule has 2 amide bonds. The summed E-state index contributed by atoms with van der Waals surface area (Å²) in [6.07, 6.45) is 1.74. The minimum absolute atomic E-state index is 0.310. The fourth-order valence-electron chi connectivity index (χ4n) is 2.68. The number of pyridine rings is 1. The molecule has 5 heteroatoms. The number of anilines is 2. The highest BCUT2D eigenvalue weighted by molar-refractivity contribution is 6.00. The van der Waals surface area contributed by atoms with Crippen molar-refractivity contribution in [1.82, 2.24) is 4.98 Å². The van der Waals surface area contributed by atoms with Crippen LogP contribution >= 0.6 is 0 Å². The number of carbonyl (C=O) groups is 1. The first-order valence-corrected chi connectivity index (χ1v) is 8.52. The zero-order valence-electron chi connectivity index (χ0n) is 14.4. The fraction of sp³-hybridized carbons (Fsp3) is 0. The lowest BCUT2D eigenvalue weighted by atomic mass is 10.2. The fourth-order valence-corrected chi connectivity index (χ4v) is 2.68. The zero-order chi connectivity index (χ0) is 18.5.